The van der Waals surface area contributed by atoms with Gasteiger partial charge in [0, 0.05) is 19.5 Å². The summed E-state index contributed by atoms with van der Waals surface area (Å²) in [5, 5.41) is 13.6. The van der Waals surface area contributed by atoms with Crippen molar-refractivity contribution in [2.45, 2.75) is 115 Å². The summed E-state index contributed by atoms with van der Waals surface area (Å²) >= 11 is 0. The van der Waals surface area contributed by atoms with E-state index in [1.54, 1.807) is 28.9 Å². The number of allylic oxidation sites excluding steroid dienone is 1. The fourth-order valence-corrected chi connectivity index (χ4v) is 7.92. The van der Waals surface area contributed by atoms with E-state index in [4.69, 9.17) is 9.47 Å². The Morgan fingerprint density at radius 3 is 2.52 bits per heavy atom. The predicted octanol–water partition coefficient (Wildman–Crippen LogP) is 4.73. The van der Waals surface area contributed by atoms with E-state index in [-0.39, 0.29) is 36.7 Å². The molecule has 3 fully saturated rings. The van der Waals surface area contributed by atoms with Crippen LogP contribution in [0, 0.1) is 17.8 Å². The summed E-state index contributed by atoms with van der Waals surface area (Å²) in [6.45, 7) is 15.9. The van der Waals surface area contributed by atoms with Gasteiger partial charge in [-0.2, -0.15) is 0 Å². The molecular weight excluding hydrogens is 610 g/mol. The Hall–Kier alpha value is -3.50. The van der Waals surface area contributed by atoms with Crippen molar-refractivity contribution in [2.75, 3.05) is 19.7 Å². The van der Waals surface area contributed by atoms with Crippen LogP contribution in [0.3, 0.4) is 0 Å². The summed E-state index contributed by atoms with van der Waals surface area (Å²) in [5.74, 6) is -3.36. The second-order valence-electron chi connectivity index (χ2n) is 13.7. The number of rotatable bonds is 19. The highest BCUT2D eigenvalue weighted by molar-refractivity contribution is 5.98. The number of fused-ring (bicyclic) bond motifs is 1. The lowest BCUT2D eigenvalue weighted by Crippen LogP contribution is -2.59. The van der Waals surface area contributed by atoms with Crippen LogP contribution in [0.2, 0.25) is 0 Å². The second-order valence-corrected chi connectivity index (χ2v) is 13.7. The van der Waals surface area contributed by atoms with Gasteiger partial charge in [0.05, 0.1) is 36.6 Å². The third kappa shape index (κ3) is 7.39. The number of ether oxygens (including phenoxy) is 2. The molecule has 1 aromatic rings. The van der Waals surface area contributed by atoms with Gasteiger partial charge < -0.3 is 29.7 Å². The van der Waals surface area contributed by atoms with Gasteiger partial charge in [0.15, 0.2) is 0 Å². The van der Waals surface area contributed by atoms with Crippen molar-refractivity contribution in [3.63, 3.8) is 0 Å². The van der Waals surface area contributed by atoms with Crippen LogP contribution < -0.4 is 5.32 Å². The summed E-state index contributed by atoms with van der Waals surface area (Å²) in [4.78, 5) is 59.5. The van der Waals surface area contributed by atoms with Gasteiger partial charge in [-0.15, -0.1) is 13.2 Å². The summed E-state index contributed by atoms with van der Waals surface area (Å²) in [6, 6.07) is 7.04. The number of esters is 1. The van der Waals surface area contributed by atoms with E-state index in [1.165, 1.54) is 0 Å². The van der Waals surface area contributed by atoms with Gasteiger partial charge in [0.25, 0.3) is 0 Å². The number of hydrogen-bond donors (Lipinski definition) is 2. The summed E-state index contributed by atoms with van der Waals surface area (Å²) < 4.78 is 12.9. The Morgan fingerprint density at radius 1 is 1.17 bits per heavy atom. The van der Waals surface area contributed by atoms with Crippen LogP contribution in [0.15, 0.2) is 55.6 Å². The second kappa shape index (κ2) is 16.7. The lowest BCUT2D eigenvalue weighted by molar-refractivity contribution is -0.163. The maximum atomic E-state index is 14.7. The van der Waals surface area contributed by atoms with Crippen molar-refractivity contribution in [2.24, 2.45) is 17.8 Å². The predicted molar refractivity (Wildman–Crippen MR) is 183 cm³/mol. The number of carbonyl (C=O) groups excluding carboxylic acids is 4. The number of amides is 3. The number of unbranched alkanes of at least 4 members (excludes halogenated alkanes) is 2. The van der Waals surface area contributed by atoms with E-state index in [1.807, 2.05) is 44.2 Å². The quantitative estimate of drug-likeness (QED) is 0.124. The Morgan fingerprint density at radius 2 is 1.90 bits per heavy atom. The topological polar surface area (TPSA) is 125 Å². The first-order valence-corrected chi connectivity index (χ1v) is 17.8. The highest BCUT2D eigenvalue weighted by Crippen LogP contribution is 2.59. The third-order valence-electron chi connectivity index (χ3n) is 10.6. The molecular formula is C38H55N3O7. The molecule has 9 atom stereocenters. The van der Waals surface area contributed by atoms with Crippen LogP contribution >= 0.6 is 0 Å². The molecule has 2 bridgehead atoms. The van der Waals surface area contributed by atoms with Crippen molar-refractivity contribution < 1.29 is 33.8 Å². The Labute approximate surface area is 285 Å². The van der Waals surface area contributed by atoms with E-state index < -0.39 is 53.7 Å². The van der Waals surface area contributed by atoms with Gasteiger partial charge in [-0.3, -0.25) is 19.2 Å². The average molecular weight is 666 g/mol. The standard InChI is InChI=1S/C38H55N3O7/c1-7-11-16-23-40(22-9-3)36(45)34-38-21-20-29(48-38)31(32(38)35(44)41(34)28(24-42)25(5)10-4)37(46)47-33(27-17-14-13-15-18-27)26(6)39-30(43)19-12-8-2/h8-9,13-15,17-18,25-26,28-29,31-34,42H,2-3,7,10-12,16,19-24H2,1,4-6H3,(H,39,43)/t25-,26+,28-,29-,31+,32+,33+,34-,38+/m0/s1. The number of likely N-dealkylation sites (tertiary alicyclic amines) is 1. The molecule has 264 valence electrons. The van der Waals surface area contributed by atoms with Gasteiger partial charge in [0.2, 0.25) is 17.7 Å². The van der Waals surface area contributed by atoms with E-state index in [2.05, 4.69) is 25.4 Å². The molecule has 4 rings (SSSR count). The zero-order valence-corrected chi connectivity index (χ0v) is 29.1. The minimum absolute atomic E-state index is 0.104. The normalized spacial score (nSPS) is 26.7. The summed E-state index contributed by atoms with van der Waals surface area (Å²) in [6.07, 6.45) is 7.10. The van der Waals surface area contributed by atoms with Gasteiger partial charge in [0.1, 0.15) is 17.7 Å². The first-order valence-electron chi connectivity index (χ1n) is 17.8. The van der Waals surface area contributed by atoms with Crippen molar-refractivity contribution in [3.05, 3.63) is 61.2 Å². The van der Waals surface area contributed by atoms with Crippen LogP contribution in [0.5, 0.6) is 0 Å². The molecule has 2 N–H and O–H groups in total. The Bertz CT molecular complexity index is 1300. The monoisotopic (exact) mass is 665 g/mol. The van der Waals surface area contributed by atoms with E-state index >= 15 is 0 Å². The highest BCUT2D eigenvalue weighted by Gasteiger charge is 2.76. The minimum atomic E-state index is -1.22. The molecule has 3 heterocycles. The number of hydrogen-bond acceptors (Lipinski definition) is 7. The van der Waals surface area contributed by atoms with Crippen molar-refractivity contribution in [3.8, 4) is 0 Å². The molecule has 0 saturated carbocycles. The fraction of sp³-hybridized carbons (Fsp3) is 0.632. The number of benzene rings is 1. The van der Waals surface area contributed by atoms with Crippen LogP contribution in [-0.2, 0) is 28.7 Å². The van der Waals surface area contributed by atoms with E-state index in [0.717, 1.165) is 19.3 Å². The smallest absolute Gasteiger partial charge is 0.313 e. The molecule has 0 radical (unpaired) electrons. The molecule has 10 nitrogen and oxygen atoms in total. The molecule has 0 unspecified atom stereocenters. The zero-order valence-electron chi connectivity index (χ0n) is 29.1. The van der Waals surface area contributed by atoms with Crippen molar-refractivity contribution in [1.82, 2.24) is 15.1 Å². The highest BCUT2D eigenvalue weighted by atomic mass is 16.6. The molecule has 3 aliphatic heterocycles. The van der Waals surface area contributed by atoms with E-state index in [0.29, 0.717) is 44.3 Å². The van der Waals surface area contributed by atoms with E-state index in [9.17, 15) is 24.3 Å². The molecule has 3 aliphatic rings. The summed E-state index contributed by atoms with van der Waals surface area (Å²) in [7, 11) is 0. The number of aliphatic hydroxyl groups is 1. The SMILES string of the molecule is C=CCCC(=O)N[C@H](C)[C@@H](OC(=O)[C@@H]1[C@@H]2CC[C@]3(O2)[C@H](C(=O)N(CC=C)CCCCC)N([C@@H](CO)[C@@H](C)CC)C(=O)[C@@H]13)c1ccccc1. The van der Waals surface area contributed by atoms with Crippen molar-refractivity contribution >= 4 is 23.7 Å². The van der Waals surface area contributed by atoms with Crippen LogP contribution in [0.25, 0.3) is 0 Å². The van der Waals surface area contributed by atoms with Gasteiger partial charge in [-0.25, -0.2) is 0 Å². The van der Waals surface area contributed by atoms with Crippen LogP contribution in [0.4, 0.5) is 0 Å². The fourth-order valence-electron chi connectivity index (χ4n) is 7.92. The summed E-state index contributed by atoms with van der Waals surface area (Å²) in [5.41, 5.74) is -0.516. The molecule has 0 aromatic heterocycles. The first kappa shape index (κ1) is 37.3. The molecule has 3 amide bonds. The zero-order chi connectivity index (χ0) is 35.0. The van der Waals surface area contributed by atoms with Gasteiger partial charge in [-0.05, 0) is 44.1 Å². The number of aliphatic hydroxyl groups excluding tert-OH is 1. The van der Waals surface area contributed by atoms with Crippen LogP contribution in [0.1, 0.15) is 90.7 Å². The molecule has 1 spiro atoms. The molecule has 1 aromatic carbocycles. The maximum absolute atomic E-state index is 14.7. The molecule has 48 heavy (non-hydrogen) atoms. The Kier molecular flexibility index (Phi) is 13.0. The Balaban J connectivity index is 1.70. The average Bonchev–Trinajstić information content (AvgIpc) is 3.73. The number of nitrogens with one attached hydrogen (secondary N) is 1. The van der Waals surface area contributed by atoms with Gasteiger partial charge >= 0.3 is 5.97 Å². The largest absolute Gasteiger partial charge is 0.455 e. The molecule has 3 saturated heterocycles. The molecule has 10 heteroatoms. The number of carbonyl (C=O) groups is 4. The first-order chi connectivity index (χ1) is 23.1. The maximum Gasteiger partial charge on any atom is 0.313 e. The minimum Gasteiger partial charge on any atom is -0.455 e. The molecule has 0 aliphatic carbocycles. The lowest BCUT2D eigenvalue weighted by Gasteiger charge is -2.41. The van der Waals surface area contributed by atoms with Crippen molar-refractivity contribution in [1.29, 1.82) is 0 Å². The van der Waals surface area contributed by atoms with Gasteiger partial charge in [-0.1, -0.05) is 82.5 Å². The lowest BCUT2D eigenvalue weighted by atomic mass is 9.70. The third-order valence-corrected chi connectivity index (χ3v) is 10.6. The van der Waals surface area contributed by atoms with Crippen LogP contribution in [-0.4, -0.2) is 88.1 Å². The number of nitrogens with zero attached hydrogens (tertiary/aromatic N) is 2.